The lowest BCUT2D eigenvalue weighted by atomic mass is 10.2. The maximum Gasteiger partial charge on any atom is 0.165 e. The molecule has 2 rings (SSSR count). The van der Waals surface area contributed by atoms with Crippen LogP contribution in [-0.2, 0) is 6.61 Å². The summed E-state index contributed by atoms with van der Waals surface area (Å²) in [6.45, 7) is 1.99. The van der Waals surface area contributed by atoms with E-state index in [0.29, 0.717) is 5.75 Å². The largest absolute Gasteiger partial charge is 0.489 e. The van der Waals surface area contributed by atoms with E-state index >= 15 is 0 Å². The van der Waals surface area contributed by atoms with Gasteiger partial charge in [0.1, 0.15) is 12.4 Å². The van der Waals surface area contributed by atoms with Gasteiger partial charge < -0.3 is 4.74 Å². The lowest BCUT2D eigenvalue weighted by Crippen LogP contribution is -2.00. The summed E-state index contributed by atoms with van der Waals surface area (Å²) >= 11 is 0. The van der Waals surface area contributed by atoms with Crippen LogP contribution < -0.4 is 4.74 Å². The van der Waals surface area contributed by atoms with Gasteiger partial charge in [0, 0.05) is 5.56 Å². The van der Waals surface area contributed by atoms with Crippen molar-refractivity contribution < 1.29 is 13.5 Å². The third kappa shape index (κ3) is 2.81. The van der Waals surface area contributed by atoms with Crippen molar-refractivity contribution in [2.75, 3.05) is 0 Å². The zero-order valence-corrected chi connectivity index (χ0v) is 9.41. The number of halogens is 2. The van der Waals surface area contributed by atoms with Crippen molar-refractivity contribution in [3.63, 3.8) is 0 Å². The Labute approximate surface area is 98.7 Å². The number of benzene rings is 2. The van der Waals surface area contributed by atoms with E-state index in [1.807, 2.05) is 19.1 Å². The fourth-order valence-electron chi connectivity index (χ4n) is 1.46. The first-order valence-corrected chi connectivity index (χ1v) is 5.29. The molecule has 88 valence electrons. The molecule has 0 spiro atoms. The van der Waals surface area contributed by atoms with Crippen molar-refractivity contribution in [1.29, 1.82) is 0 Å². The van der Waals surface area contributed by atoms with E-state index in [-0.39, 0.29) is 12.2 Å². The summed E-state index contributed by atoms with van der Waals surface area (Å²) in [5.41, 5.74) is 1.33. The van der Waals surface area contributed by atoms with Crippen molar-refractivity contribution in [2.24, 2.45) is 0 Å². The topological polar surface area (TPSA) is 9.23 Å². The van der Waals surface area contributed by atoms with Crippen molar-refractivity contribution in [2.45, 2.75) is 13.5 Å². The van der Waals surface area contributed by atoms with Crippen molar-refractivity contribution in [3.8, 4) is 5.75 Å². The Morgan fingerprint density at radius 3 is 2.41 bits per heavy atom. The number of aryl methyl sites for hydroxylation is 1. The van der Waals surface area contributed by atoms with Gasteiger partial charge in [-0.05, 0) is 25.1 Å². The summed E-state index contributed by atoms with van der Waals surface area (Å²) in [5, 5.41) is 0. The second-order valence-corrected chi connectivity index (χ2v) is 3.81. The van der Waals surface area contributed by atoms with E-state index in [1.165, 1.54) is 12.1 Å². The average Bonchev–Trinajstić information content (AvgIpc) is 2.33. The van der Waals surface area contributed by atoms with Crippen LogP contribution in [0.25, 0.3) is 0 Å². The Hall–Kier alpha value is -1.90. The van der Waals surface area contributed by atoms with Crippen molar-refractivity contribution in [3.05, 3.63) is 65.2 Å². The van der Waals surface area contributed by atoms with Crippen LogP contribution in [0.4, 0.5) is 8.78 Å². The molecule has 0 N–H and O–H groups in total. The maximum atomic E-state index is 13.3. The molecule has 0 aliphatic rings. The molecule has 0 atom stereocenters. The molecule has 0 fully saturated rings. The molecule has 0 aliphatic carbocycles. The van der Waals surface area contributed by atoms with Gasteiger partial charge in [0.15, 0.2) is 11.6 Å². The minimum atomic E-state index is -0.852. The van der Waals surface area contributed by atoms with E-state index in [4.69, 9.17) is 4.74 Å². The van der Waals surface area contributed by atoms with E-state index in [2.05, 4.69) is 0 Å². The Kier molecular flexibility index (Phi) is 3.38. The molecule has 2 aromatic carbocycles. The smallest absolute Gasteiger partial charge is 0.165 e. The summed E-state index contributed by atoms with van der Waals surface area (Å²) in [5.74, 6) is -1.06. The van der Waals surface area contributed by atoms with Crippen LogP contribution in [0.1, 0.15) is 11.1 Å². The standard InChI is InChI=1S/C14H12F2O/c1-10-5-7-12(8-6-10)17-9-11-3-2-4-13(15)14(11)16/h2-8H,9H2,1H3. The SMILES string of the molecule is Cc1ccc(OCc2cccc(F)c2F)cc1. The van der Waals surface area contributed by atoms with Crippen LogP contribution in [0.3, 0.4) is 0 Å². The van der Waals surface area contributed by atoms with Crippen LogP contribution in [0.5, 0.6) is 5.75 Å². The Bertz CT molecular complexity index is 506. The Balaban J connectivity index is 2.07. The summed E-state index contributed by atoms with van der Waals surface area (Å²) in [6, 6.07) is 11.5. The van der Waals surface area contributed by atoms with Gasteiger partial charge in [0.05, 0.1) is 0 Å². The van der Waals surface area contributed by atoms with Crippen LogP contribution in [0.15, 0.2) is 42.5 Å². The maximum absolute atomic E-state index is 13.3. The summed E-state index contributed by atoms with van der Waals surface area (Å²) in [7, 11) is 0. The summed E-state index contributed by atoms with van der Waals surface area (Å²) < 4.78 is 31.6. The summed E-state index contributed by atoms with van der Waals surface area (Å²) in [4.78, 5) is 0. The highest BCUT2D eigenvalue weighted by Crippen LogP contribution is 2.16. The van der Waals surface area contributed by atoms with E-state index in [1.54, 1.807) is 12.1 Å². The molecular formula is C14H12F2O. The van der Waals surface area contributed by atoms with Crippen molar-refractivity contribution in [1.82, 2.24) is 0 Å². The highest BCUT2D eigenvalue weighted by molar-refractivity contribution is 5.27. The number of hydrogen-bond donors (Lipinski definition) is 0. The first-order valence-electron chi connectivity index (χ1n) is 5.29. The minimum absolute atomic E-state index is 0.0205. The molecule has 0 aliphatic heterocycles. The molecule has 0 amide bonds. The fourth-order valence-corrected chi connectivity index (χ4v) is 1.46. The van der Waals surface area contributed by atoms with Gasteiger partial charge in [-0.1, -0.05) is 29.8 Å². The van der Waals surface area contributed by atoms with E-state index in [9.17, 15) is 8.78 Å². The average molecular weight is 234 g/mol. The molecule has 2 aromatic rings. The van der Waals surface area contributed by atoms with Crippen LogP contribution in [0.2, 0.25) is 0 Å². The van der Waals surface area contributed by atoms with Gasteiger partial charge in [-0.25, -0.2) is 8.78 Å². The van der Waals surface area contributed by atoms with Crippen LogP contribution >= 0.6 is 0 Å². The van der Waals surface area contributed by atoms with Gasteiger partial charge >= 0.3 is 0 Å². The quantitative estimate of drug-likeness (QED) is 0.783. The molecule has 0 saturated heterocycles. The molecule has 0 heterocycles. The predicted molar refractivity (Wildman–Crippen MR) is 61.9 cm³/mol. The molecule has 1 nitrogen and oxygen atoms in total. The summed E-state index contributed by atoms with van der Waals surface area (Å²) in [6.07, 6.45) is 0. The third-order valence-corrected chi connectivity index (χ3v) is 2.45. The number of hydrogen-bond acceptors (Lipinski definition) is 1. The lowest BCUT2D eigenvalue weighted by molar-refractivity contribution is 0.297. The minimum Gasteiger partial charge on any atom is -0.489 e. The molecule has 0 saturated carbocycles. The Morgan fingerprint density at radius 1 is 1.00 bits per heavy atom. The molecule has 0 aromatic heterocycles. The van der Waals surface area contributed by atoms with Gasteiger partial charge in [0.25, 0.3) is 0 Å². The zero-order valence-electron chi connectivity index (χ0n) is 9.41. The second kappa shape index (κ2) is 4.95. The second-order valence-electron chi connectivity index (χ2n) is 3.81. The zero-order chi connectivity index (χ0) is 12.3. The first kappa shape index (κ1) is 11.6. The third-order valence-electron chi connectivity index (χ3n) is 2.45. The van der Waals surface area contributed by atoms with Gasteiger partial charge in [-0.15, -0.1) is 0 Å². The molecule has 0 radical (unpaired) electrons. The van der Waals surface area contributed by atoms with Gasteiger partial charge in [-0.3, -0.25) is 0 Å². The van der Waals surface area contributed by atoms with E-state index in [0.717, 1.165) is 11.6 Å². The first-order chi connectivity index (χ1) is 8.16. The molecule has 17 heavy (non-hydrogen) atoms. The normalized spacial score (nSPS) is 10.3. The predicted octanol–water partition coefficient (Wildman–Crippen LogP) is 3.85. The van der Waals surface area contributed by atoms with Crippen molar-refractivity contribution >= 4 is 0 Å². The molecule has 0 bridgehead atoms. The van der Waals surface area contributed by atoms with Gasteiger partial charge in [-0.2, -0.15) is 0 Å². The number of rotatable bonds is 3. The molecular weight excluding hydrogens is 222 g/mol. The molecule has 3 heteroatoms. The molecule has 0 unspecified atom stereocenters. The highest BCUT2D eigenvalue weighted by Gasteiger charge is 2.07. The number of ether oxygens (including phenoxy) is 1. The fraction of sp³-hybridized carbons (Fsp3) is 0.143. The Morgan fingerprint density at radius 2 is 1.71 bits per heavy atom. The highest BCUT2D eigenvalue weighted by atomic mass is 19.2. The van der Waals surface area contributed by atoms with Crippen LogP contribution in [0, 0.1) is 18.6 Å². The van der Waals surface area contributed by atoms with E-state index < -0.39 is 11.6 Å². The van der Waals surface area contributed by atoms with Gasteiger partial charge in [0.2, 0.25) is 0 Å². The monoisotopic (exact) mass is 234 g/mol. The lowest BCUT2D eigenvalue weighted by Gasteiger charge is -2.07. The van der Waals surface area contributed by atoms with Crippen LogP contribution in [-0.4, -0.2) is 0 Å².